The van der Waals surface area contributed by atoms with Crippen LogP contribution >= 0.6 is 0 Å². The molecule has 2 aromatic carbocycles. The summed E-state index contributed by atoms with van der Waals surface area (Å²) in [7, 11) is 3.25. The third-order valence-corrected chi connectivity index (χ3v) is 5.61. The Kier molecular flexibility index (Phi) is 5.14. The van der Waals surface area contributed by atoms with Crippen LogP contribution in [0.5, 0.6) is 11.5 Å². The first-order chi connectivity index (χ1) is 16.1. The van der Waals surface area contributed by atoms with Gasteiger partial charge in [-0.05, 0) is 55.0 Å². The number of nitrogen functional groups attached to an aromatic ring is 1. The molecule has 0 fully saturated rings. The third-order valence-electron chi connectivity index (χ3n) is 5.61. The maximum absolute atomic E-state index is 5.71. The first-order valence-electron chi connectivity index (χ1n) is 10.5. The van der Waals surface area contributed by atoms with Crippen molar-refractivity contribution in [1.29, 1.82) is 0 Å². The van der Waals surface area contributed by atoms with E-state index in [4.69, 9.17) is 25.3 Å². The molecule has 0 bridgehead atoms. The SMILES string of the molecule is COc1ccc(-c2ccc3nc(C)c(-c4ccc(-c5ccc(N)nc5)cc4)n3n2)cc1OC. The zero-order valence-corrected chi connectivity index (χ0v) is 18.6. The summed E-state index contributed by atoms with van der Waals surface area (Å²) in [6.07, 6.45) is 1.78. The molecule has 0 unspecified atom stereocenters. The van der Waals surface area contributed by atoms with Crippen LogP contribution in [0.2, 0.25) is 0 Å². The van der Waals surface area contributed by atoms with Crippen molar-refractivity contribution in [1.82, 2.24) is 19.6 Å². The Morgan fingerprint density at radius 3 is 2.15 bits per heavy atom. The highest BCUT2D eigenvalue weighted by molar-refractivity contribution is 5.72. The summed E-state index contributed by atoms with van der Waals surface area (Å²) < 4.78 is 12.7. The lowest BCUT2D eigenvalue weighted by atomic mass is 10.0. The number of aromatic nitrogens is 4. The van der Waals surface area contributed by atoms with E-state index in [1.807, 2.05) is 47.8 Å². The van der Waals surface area contributed by atoms with Crippen LogP contribution in [-0.2, 0) is 0 Å². The molecule has 0 aliphatic rings. The average Bonchev–Trinajstić information content (AvgIpc) is 3.19. The Balaban J connectivity index is 1.56. The number of imidazole rings is 1. The maximum Gasteiger partial charge on any atom is 0.161 e. The molecule has 0 saturated heterocycles. The highest BCUT2D eigenvalue weighted by Crippen LogP contribution is 2.33. The van der Waals surface area contributed by atoms with E-state index in [1.54, 1.807) is 26.5 Å². The molecule has 7 nitrogen and oxygen atoms in total. The van der Waals surface area contributed by atoms with Crippen LogP contribution in [0.25, 0.3) is 39.3 Å². The highest BCUT2D eigenvalue weighted by Gasteiger charge is 2.14. The van der Waals surface area contributed by atoms with E-state index in [1.165, 1.54) is 0 Å². The minimum atomic E-state index is 0.507. The van der Waals surface area contributed by atoms with E-state index in [9.17, 15) is 0 Å². The van der Waals surface area contributed by atoms with Crippen LogP contribution < -0.4 is 15.2 Å². The second-order valence-corrected chi connectivity index (χ2v) is 7.65. The molecule has 3 aromatic heterocycles. The van der Waals surface area contributed by atoms with Gasteiger partial charge in [0.1, 0.15) is 5.82 Å². The minimum absolute atomic E-state index is 0.507. The van der Waals surface area contributed by atoms with Crippen LogP contribution in [0.15, 0.2) is 72.9 Å². The smallest absolute Gasteiger partial charge is 0.161 e. The summed E-state index contributed by atoms with van der Waals surface area (Å²) in [4.78, 5) is 8.89. The Hall–Kier alpha value is -4.39. The molecule has 0 spiro atoms. The maximum atomic E-state index is 5.71. The Morgan fingerprint density at radius 2 is 1.45 bits per heavy atom. The summed E-state index contributed by atoms with van der Waals surface area (Å²) in [5.74, 6) is 1.85. The molecular weight excluding hydrogens is 414 g/mol. The average molecular weight is 438 g/mol. The van der Waals surface area contributed by atoms with E-state index in [-0.39, 0.29) is 0 Å². The van der Waals surface area contributed by atoms with Gasteiger partial charge in [-0.1, -0.05) is 24.3 Å². The number of pyridine rings is 1. The quantitative estimate of drug-likeness (QED) is 0.415. The zero-order valence-electron chi connectivity index (χ0n) is 18.6. The fraction of sp³-hybridized carbons (Fsp3) is 0.115. The lowest BCUT2D eigenvalue weighted by molar-refractivity contribution is 0.355. The van der Waals surface area contributed by atoms with Gasteiger partial charge in [0.2, 0.25) is 0 Å². The number of fused-ring (bicyclic) bond motifs is 1. The summed E-state index contributed by atoms with van der Waals surface area (Å²) in [5.41, 5.74) is 13.2. The molecule has 5 rings (SSSR count). The highest BCUT2D eigenvalue weighted by atomic mass is 16.5. The molecule has 0 saturated carbocycles. The fourth-order valence-electron chi connectivity index (χ4n) is 3.92. The number of aryl methyl sites for hydroxylation is 1. The van der Waals surface area contributed by atoms with Gasteiger partial charge in [-0.3, -0.25) is 0 Å². The number of nitrogens with zero attached hydrogens (tertiary/aromatic N) is 4. The molecule has 0 amide bonds. The van der Waals surface area contributed by atoms with Crippen molar-refractivity contribution >= 4 is 11.5 Å². The Bertz CT molecular complexity index is 1440. The predicted molar refractivity (Wildman–Crippen MR) is 129 cm³/mol. The lowest BCUT2D eigenvalue weighted by Crippen LogP contribution is -1.98. The summed E-state index contributed by atoms with van der Waals surface area (Å²) in [5, 5.41) is 4.90. The summed E-state index contributed by atoms with van der Waals surface area (Å²) in [6, 6.07) is 21.8. The number of hydrogen-bond donors (Lipinski definition) is 1. The number of anilines is 1. The van der Waals surface area contributed by atoms with E-state index in [0.29, 0.717) is 17.3 Å². The fourth-order valence-corrected chi connectivity index (χ4v) is 3.92. The van der Waals surface area contributed by atoms with Crippen molar-refractivity contribution in [2.75, 3.05) is 20.0 Å². The molecule has 2 N–H and O–H groups in total. The summed E-state index contributed by atoms with van der Waals surface area (Å²) >= 11 is 0. The van der Waals surface area contributed by atoms with Gasteiger partial charge in [-0.2, -0.15) is 5.10 Å². The topological polar surface area (TPSA) is 87.6 Å². The van der Waals surface area contributed by atoms with Crippen molar-refractivity contribution in [2.45, 2.75) is 6.92 Å². The van der Waals surface area contributed by atoms with Crippen LogP contribution in [0.3, 0.4) is 0 Å². The van der Waals surface area contributed by atoms with Gasteiger partial charge < -0.3 is 15.2 Å². The molecule has 164 valence electrons. The van der Waals surface area contributed by atoms with Gasteiger partial charge in [0.25, 0.3) is 0 Å². The normalized spacial score (nSPS) is 11.0. The molecule has 0 aliphatic heterocycles. The lowest BCUT2D eigenvalue weighted by Gasteiger charge is -2.10. The van der Waals surface area contributed by atoms with E-state index >= 15 is 0 Å². The number of hydrogen-bond acceptors (Lipinski definition) is 6. The van der Waals surface area contributed by atoms with Gasteiger partial charge in [0, 0.05) is 22.9 Å². The van der Waals surface area contributed by atoms with E-state index in [0.717, 1.165) is 45.0 Å². The van der Waals surface area contributed by atoms with E-state index in [2.05, 4.69) is 29.2 Å². The van der Waals surface area contributed by atoms with Crippen LogP contribution in [-0.4, -0.2) is 33.8 Å². The molecule has 0 aliphatic carbocycles. The largest absolute Gasteiger partial charge is 0.493 e. The minimum Gasteiger partial charge on any atom is -0.493 e. The Labute approximate surface area is 191 Å². The van der Waals surface area contributed by atoms with Crippen LogP contribution in [0.4, 0.5) is 5.82 Å². The van der Waals surface area contributed by atoms with Crippen molar-refractivity contribution in [3.8, 4) is 45.1 Å². The van der Waals surface area contributed by atoms with Gasteiger partial charge >= 0.3 is 0 Å². The van der Waals surface area contributed by atoms with Crippen molar-refractivity contribution in [3.05, 3.63) is 78.6 Å². The monoisotopic (exact) mass is 437 g/mol. The van der Waals surface area contributed by atoms with E-state index < -0.39 is 0 Å². The zero-order chi connectivity index (χ0) is 22.9. The molecule has 0 radical (unpaired) electrons. The molecule has 5 aromatic rings. The summed E-state index contributed by atoms with van der Waals surface area (Å²) in [6.45, 7) is 2.00. The molecule has 3 heterocycles. The van der Waals surface area contributed by atoms with Crippen molar-refractivity contribution < 1.29 is 9.47 Å². The van der Waals surface area contributed by atoms with Crippen LogP contribution in [0, 0.1) is 6.92 Å². The second-order valence-electron chi connectivity index (χ2n) is 7.65. The molecule has 33 heavy (non-hydrogen) atoms. The number of ether oxygens (including phenoxy) is 2. The number of benzene rings is 2. The molecule has 0 atom stereocenters. The van der Waals surface area contributed by atoms with Crippen molar-refractivity contribution in [2.24, 2.45) is 0 Å². The molecule has 7 heteroatoms. The predicted octanol–water partition coefficient (Wildman–Crippen LogP) is 5.03. The molecular formula is C26H23N5O2. The Morgan fingerprint density at radius 1 is 0.758 bits per heavy atom. The van der Waals surface area contributed by atoms with Gasteiger partial charge in [-0.15, -0.1) is 0 Å². The first kappa shape index (κ1) is 20.5. The standard InChI is InChI=1S/C26H23N5O2/c1-16-26(18-6-4-17(5-7-18)20-9-12-24(27)28-15-20)31-25(29-16)13-10-21(30-31)19-8-11-22(32-2)23(14-19)33-3/h4-15H,1-3H3,(H2,27,28). The van der Waals surface area contributed by atoms with Crippen LogP contribution in [0.1, 0.15) is 5.69 Å². The van der Waals surface area contributed by atoms with Gasteiger partial charge in [0.05, 0.1) is 31.3 Å². The van der Waals surface area contributed by atoms with Gasteiger partial charge in [-0.25, -0.2) is 14.5 Å². The number of rotatable bonds is 5. The number of nitrogens with two attached hydrogens (primary N) is 1. The van der Waals surface area contributed by atoms with Crippen molar-refractivity contribution in [3.63, 3.8) is 0 Å². The number of methoxy groups -OCH3 is 2. The van der Waals surface area contributed by atoms with Gasteiger partial charge in [0.15, 0.2) is 17.1 Å². The third kappa shape index (κ3) is 3.74. The second kappa shape index (κ2) is 8.27. The first-order valence-corrected chi connectivity index (χ1v) is 10.5.